The summed E-state index contributed by atoms with van der Waals surface area (Å²) >= 11 is 12.1. The Balaban J connectivity index is 1.67. The van der Waals surface area contributed by atoms with E-state index in [1.807, 2.05) is 0 Å². The smallest absolute Gasteiger partial charge is 0.249 e. The number of hydrogen-bond acceptors (Lipinski definition) is 4. The number of rotatable bonds is 5. The first-order chi connectivity index (χ1) is 12.0. The number of aromatic nitrogens is 2. The summed E-state index contributed by atoms with van der Waals surface area (Å²) in [5.41, 5.74) is 1.34. The molecule has 2 amide bonds. The molecule has 0 radical (unpaired) electrons. The minimum atomic E-state index is -0.371. The van der Waals surface area contributed by atoms with E-state index >= 15 is 0 Å². The number of benzene rings is 1. The van der Waals surface area contributed by atoms with Gasteiger partial charge in [-0.1, -0.05) is 23.2 Å². The van der Waals surface area contributed by atoms with Crippen LogP contribution >= 0.6 is 23.2 Å². The third-order valence-corrected chi connectivity index (χ3v) is 4.50. The molecule has 1 aromatic heterocycles. The molecule has 2 heterocycles. The fourth-order valence-corrected chi connectivity index (χ4v) is 3.22. The lowest BCUT2D eigenvalue weighted by molar-refractivity contribution is -0.121. The Kier molecular flexibility index (Phi) is 5.15. The maximum atomic E-state index is 12.7. The maximum Gasteiger partial charge on any atom is 0.249 e. The van der Waals surface area contributed by atoms with Crippen LogP contribution in [0.25, 0.3) is 0 Å². The van der Waals surface area contributed by atoms with Crippen molar-refractivity contribution in [2.45, 2.75) is 19.0 Å². The molecule has 25 heavy (non-hydrogen) atoms. The summed E-state index contributed by atoms with van der Waals surface area (Å²) in [6.45, 7) is 0.688. The van der Waals surface area contributed by atoms with Crippen molar-refractivity contribution >= 4 is 46.4 Å². The minimum absolute atomic E-state index is 0.0664. The van der Waals surface area contributed by atoms with Crippen molar-refractivity contribution in [1.29, 1.82) is 0 Å². The second kappa shape index (κ2) is 7.33. The van der Waals surface area contributed by atoms with E-state index in [0.717, 1.165) is 0 Å². The Hall–Kier alpha value is -2.25. The number of likely N-dealkylation sites (N-methyl/N-ethyl adjacent to an activating group) is 1. The predicted octanol–water partition coefficient (Wildman–Crippen LogP) is 2.15. The van der Waals surface area contributed by atoms with E-state index < -0.39 is 0 Å². The zero-order chi connectivity index (χ0) is 18.0. The van der Waals surface area contributed by atoms with Gasteiger partial charge in [0.2, 0.25) is 11.8 Å². The molecule has 1 unspecified atom stereocenters. The standard InChI is InChI=1S/C16H17Cl2N5O2/c1-19-15(24)9-22-8-11(7-20-22)21-13-4-5-23(16(13)25)14-3-2-10(17)6-12(14)18/h2-3,6-8,13,21H,4-5,9H2,1H3,(H,19,24). The number of carbonyl (C=O) groups is 2. The van der Waals surface area contributed by atoms with Crippen molar-refractivity contribution in [3.8, 4) is 0 Å². The number of nitrogens with zero attached hydrogens (tertiary/aromatic N) is 3. The summed E-state index contributed by atoms with van der Waals surface area (Å²) in [6, 6.07) is 4.70. The van der Waals surface area contributed by atoms with Crippen LogP contribution in [0.3, 0.4) is 0 Å². The van der Waals surface area contributed by atoms with Crippen LogP contribution in [0.15, 0.2) is 30.6 Å². The average molecular weight is 382 g/mol. The Morgan fingerprint density at radius 2 is 2.20 bits per heavy atom. The summed E-state index contributed by atoms with van der Waals surface area (Å²) in [7, 11) is 1.57. The van der Waals surface area contributed by atoms with Crippen LogP contribution in [0.4, 0.5) is 11.4 Å². The van der Waals surface area contributed by atoms with E-state index in [1.54, 1.807) is 42.5 Å². The van der Waals surface area contributed by atoms with E-state index in [2.05, 4.69) is 15.7 Å². The molecule has 2 N–H and O–H groups in total. The SMILES string of the molecule is CNC(=O)Cn1cc(NC2CCN(c3ccc(Cl)cc3Cl)C2=O)cn1. The first-order valence-electron chi connectivity index (χ1n) is 7.74. The van der Waals surface area contributed by atoms with E-state index in [9.17, 15) is 9.59 Å². The van der Waals surface area contributed by atoms with Gasteiger partial charge in [-0.2, -0.15) is 5.10 Å². The lowest BCUT2D eigenvalue weighted by atomic mass is 10.2. The summed E-state index contributed by atoms with van der Waals surface area (Å²) in [5, 5.41) is 10.8. The van der Waals surface area contributed by atoms with Crippen LogP contribution in [0, 0.1) is 0 Å². The highest BCUT2D eigenvalue weighted by Gasteiger charge is 2.33. The van der Waals surface area contributed by atoms with Crippen LogP contribution < -0.4 is 15.5 Å². The van der Waals surface area contributed by atoms with E-state index in [-0.39, 0.29) is 24.4 Å². The molecule has 0 bridgehead atoms. The predicted molar refractivity (Wildman–Crippen MR) is 97.1 cm³/mol. The van der Waals surface area contributed by atoms with E-state index in [1.165, 1.54) is 4.68 Å². The number of carbonyl (C=O) groups excluding carboxylic acids is 2. The number of hydrogen-bond donors (Lipinski definition) is 2. The molecule has 1 fully saturated rings. The van der Waals surface area contributed by atoms with Gasteiger partial charge in [-0.3, -0.25) is 14.3 Å². The molecule has 7 nitrogen and oxygen atoms in total. The van der Waals surface area contributed by atoms with Gasteiger partial charge in [-0.15, -0.1) is 0 Å². The Bertz CT molecular complexity index is 808. The molecule has 1 atom stereocenters. The molecule has 132 valence electrons. The second-order valence-electron chi connectivity index (χ2n) is 5.67. The third kappa shape index (κ3) is 3.88. The second-order valence-corrected chi connectivity index (χ2v) is 6.51. The van der Waals surface area contributed by atoms with Gasteiger partial charge in [-0.25, -0.2) is 0 Å². The molecule has 1 aliphatic heterocycles. The molecule has 0 aliphatic carbocycles. The van der Waals surface area contributed by atoms with Gasteiger partial charge < -0.3 is 15.5 Å². The van der Waals surface area contributed by atoms with Gasteiger partial charge in [0.15, 0.2) is 0 Å². The van der Waals surface area contributed by atoms with Gasteiger partial charge in [-0.05, 0) is 24.6 Å². The molecule has 1 aliphatic rings. The topological polar surface area (TPSA) is 79.3 Å². The van der Waals surface area contributed by atoms with E-state index in [4.69, 9.17) is 23.2 Å². The quantitative estimate of drug-likeness (QED) is 0.831. The largest absolute Gasteiger partial charge is 0.371 e. The van der Waals surface area contributed by atoms with Gasteiger partial charge >= 0.3 is 0 Å². The van der Waals surface area contributed by atoms with Crippen LogP contribution in [0.2, 0.25) is 10.0 Å². The maximum absolute atomic E-state index is 12.7. The number of anilines is 2. The number of amides is 2. The van der Waals surface area contributed by atoms with Crippen LogP contribution in [-0.2, 0) is 16.1 Å². The van der Waals surface area contributed by atoms with E-state index in [0.29, 0.717) is 34.4 Å². The first kappa shape index (κ1) is 17.6. The molecule has 9 heteroatoms. The first-order valence-corrected chi connectivity index (χ1v) is 8.49. The molecule has 2 aromatic rings. The van der Waals surface area contributed by atoms with Gasteiger partial charge in [0.05, 0.1) is 22.6 Å². The molecule has 0 spiro atoms. The summed E-state index contributed by atoms with van der Waals surface area (Å²) in [6.07, 6.45) is 3.92. The Morgan fingerprint density at radius 3 is 2.92 bits per heavy atom. The number of halogens is 2. The average Bonchev–Trinajstić information content (AvgIpc) is 3.16. The summed E-state index contributed by atoms with van der Waals surface area (Å²) < 4.78 is 1.51. The van der Waals surface area contributed by atoms with Crippen molar-refractivity contribution < 1.29 is 9.59 Å². The van der Waals surface area contributed by atoms with Crippen molar-refractivity contribution in [1.82, 2.24) is 15.1 Å². The van der Waals surface area contributed by atoms with Gasteiger partial charge in [0.1, 0.15) is 12.6 Å². The zero-order valence-corrected chi connectivity index (χ0v) is 15.0. The Labute approximate surface area is 154 Å². The van der Waals surface area contributed by atoms with Gasteiger partial charge in [0.25, 0.3) is 0 Å². The highest BCUT2D eigenvalue weighted by atomic mass is 35.5. The highest BCUT2D eigenvalue weighted by molar-refractivity contribution is 6.36. The van der Waals surface area contributed by atoms with Crippen molar-refractivity contribution in [3.05, 3.63) is 40.6 Å². The van der Waals surface area contributed by atoms with Crippen LogP contribution in [0.5, 0.6) is 0 Å². The molecular formula is C16H17Cl2N5O2. The normalized spacial score (nSPS) is 17.0. The molecule has 0 saturated carbocycles. The Morgan fingerprint density at radius 1 is 1.40 bits per heavy atom. The molecule has 1 saturated heterocycles. The van der Waals surface area contributed by atoms with Crippen LogP contribution in [-0.4, -0.2) is 41.2 Å². The fraction of sp³-hybridized carbons (Fsp3) is 0.312. The monoisotopic (exact) mass is 381 g/mol. The summed E-state index contributed by atoms with van der Waals surface area (Å²) in [4.78, 5) is 25.7. The third-order valence-electron chi connectivity index (χ3n) is 3.96. The lowest BCUT2D eigenvalue weighted by Crippen LogP contribution is -2.33. The molecule has 1 aromatic carbocycles. The lowest BCUT2D eigenvalue weighted by Gasteiger charge is -2.18. The number of nitrogens with one attached hydrogen (secondary N) is 2. The fourth-order valence-electron chi connectivity index (χ4n) is 2.71. The highest BCUT2D eigenvalue weighted by Crippen LogP contribution is 2.32. The van der Waals surface area contributed by atoms with Crippen LogP contribution in [0.1, 0.15) is 6.42 Å². The molecule has 3 rings (SSSR count). The molecular weight excluding hydrogens is 365 g/mol. The van der Waals surface area contributed by atoms with Gasteiger partial charge in [0, 0.05) is 24.8 Å². The minimum Gasteiger partial charge on any atom is -0.371 e. The summed E-state index contributed by atoms with van der Waals surface area (Å²) in [5.74, 6) is -0.210. The zero-order valence-electron chi connectivity index (χ0n) is 13.5. The van der Waals surface area contributed by atoms with Crippen molar-refractivity contribution in [2.75, 3.05) is 23.8 Å². The van der Waals surface area contributed by atoms with Crippen molar-refractivity contribution in [2.24, 2.45) is 0 Å². The van der Waals surface area contributed by atoms with Crippen molar-refractivity contribution in [3.63, 3.8) is 0 Å².